The molecule has 1 saturated heterocycles. The number of rotatable bonds is 4. The Hall–Kier alpha value is -2.35. The smallest absolute Gasteiger partial charge is 0.341 e. The van der Waals surface area contributed by atoms with Gasteiger partial charge in [0, 0.05) is 18.7 Å². The van der Waals surface area contributed by atoms with Crippen molar-refractivity contribution in [2.75, 3.05) is 13.7 Å². The van der Waals surface area contributed by atoms with Crippen molar-refractivity contribution in [3.63, 3.8) is 0 Å². The lowest BCUT2D eigenvalue weighted by molar-refractivity contribution is -0.158. The number of aromatic carboxylic acids is 1. The molecule has 1 N–H and O–H groups in total. The number of carboxylic acids is 1. The van der Waals surface area contributed by atoms with E-state index in [1.807, 2.05) is 6.92 Å². The third kappa shape index (κ3) is 2.80. The fraction of sp³-hybridized carbons (Fsp3) is 0.588. The number of fused-ring (bicyclic) bond motifs is 2. The van der Waals surface area contributed by atoms with E-state index in [0.717, 1.165) is 12.8 Å². The van der Waals surface area contributed by atoms with Crippen molar-refractivity contribution in [3.8, 4) is 5.75 Å². The fourth-order valence-electron chi connectivity index (χ4n) is 3.60. The molecule has 0 aliphatic carbocycles. The molecule has 136 valence electrons. The van der Waals surface area contributed by atoms with Crippen LogP contribution >= 0.6 is 0 Å². The highest BCUT2D eigenvalue weighted by atomic mass is 16.5. The van der Waals surface area contributed by atoms with Crippen LogP contribution in [0.25, 0.3) is 0 Å². The fourth-order valence-corrected chi connectivity index (χ4v) is 3.60. The number of carbonyl (C=O) groups excluding carboxylic acids is 1. The van der Waals surface area contributed by atoms with Crippen molar-refractivity contribution in [3.05, 3.63) is 27.7 Å². The first-order valence-electron chi connectivity index (χ1n) is 8.40. The summed E-state index contributed by atoms with van der Waals surface area (Å²) in [6.45, 7) is 4.92. The van der Waals surface area contributed by atoms with Gasteiger partial charge in [-0.25, -0.2) is 4.79 Å². The highest BCUT2D eigenvalue weighted by Gasteiger charge is 2.42. The van der Waals surface area contributed by atoms with Gasteiger partial charge in [-0.1, -0.05) is 20.3 Å². The molecule has 3 rings (SSSR count). The van der Waals surface area contributed by atoms with Gasteiger partial charge in [0.1, 0.15) is 5.56 Å². The van der Waals surface area contributed by atoms with Crippen LogP contribution in [0, 0.1) is 5.92 Å². The Kier molecular flexibility index (Phi) is 4.55. The molecule has 2 aliphatic rings. The standard InChI is InChI=1S/C17H22N2O6/c1-4-5-11-9(2)6-19-12(25-11)8-18-7-10(17(22)23)14(20)15(24-3)13(18)16(19)21/h7,9,11-12H,4-6,8H2,1-3H3,(H,22,23)/t9-,11+,12+/m1/s1. The number of nitrogens with zero attached hydrogens (tertiary/aromatic N) is 2. The summed E-state index contributed by atoms with van der Waals surface area (Å²) in [5.74, 6) is -1.77. The Bertz CT molecular complexity index is 771. The summed E-state index contributed by atoms with van der Waals surface area (Å²) in [4.78, 5) is 38.2. The van der Waals surface area contributed by atoms with Crippen molar-refractivity contribution in [1.82, 2.24) is 9.47 Å². The van der Waals surface area contributed by atoms with E-state index in [-0.39, 0.29) is 35.9 Å². The summed E-state index contributed by atoms with van der Waals surface area (Å²) in [5, 5.41) is 9.24. The van der Waals surface area contributed by atoms with Crippen molar-refractivity contribution >= 4 is 11.9 Å². The van der Waals surface area contributed by atoms with Crippen LogP contribution in [0.2, 0.25) is 0 Å². The number of amides is 1. The summed E-state index contributed by atoms with van der Waals surface area (Å²) in [7, 11) is 1.26. The third-order valence-corrected chi connectivity index (χ3v) is 4.86. The van der Waals surface area contributed by atoms with E-state index < -0.39 is 23.2 Å². The Morgan fingerprint density at radius 3 is 2.72 bits per heavy atom. The Labute approximate surface area is 144 Å². The van der Waals surface area contributed by atoms with Crippen LogP contribution in [0.1, 0.15) is 47.5 Å². The van der Waals surface area contributed by atoms with E-state index in [1.165, 1.54) is 17.9 Å². The Morgan fingerprint density at radius 2 is 2.12 bits per heavy atom. The van der Waals surface area contributed by atoms with Gasteiger partial charge in [-0.2, -0.15) is 0 Å². The molecule has 0 spiro atoms. The second-order valence-electron chi connectivity index (χ2n) is 6.56. The first-order chi connectivity index (χ1) is 11.9. The maximum absolute atomic E-state index is 12.9. The predicted molar refractivity (Wildman–Crippen MR) is 88.0 cm³/mol. The number of hydrogen-bond donors (Lipinski definition) is 1. The third-order valence-electron chi connectivity index (χ3n) is 4.86. The molecule has 0 saturated carbocycles. The lowest BCUT2D eigenvalue weighted by Gasteiger charge is -2.46. The highest BCUT2D eigenvalue weighted by molar-refractivity contribution is 5.97. The van der Waals surface area contributed by atoms with Crippen LogP contribution in [0.15, 0.2) is 11.0 Å². The largest absolute Gasteiger partial charge is 0.491 e. The van der Waals surface area contributed by atoms with E-state index in [4.69, 9.17) is 9.47 Å². The molecule has 25 heavy (non-hydrogen) atoms. The molecule has 0 aromatic carbocycles. The van der Waals surface area contributed by atoms with E-state index in [9.17, 15) is 19.5 Å². The average Bonchev–Trinajstić information content (AvgIpc) is 2.56. The quantitative estimate of drug-likeness (QED) is 0.875. The van der Waals surface area contributed by atoms with Gasteiger partial charge in [0.25, 0.3) is 5.91 Å². The van der Waals surface area contributed by atoms with Crippen LogP contribution in [-0.4, -0.2) is 52.4 Å². The van der Waals surface area contributed by atoms with E-state index in [0.29, 0.717) is 6.54 Å². The molecule has 0 radical (unpaired) electrons. The highest BCUT2D eigenvalue weighted by Crippen LogP contribution is 2.31. The molecule has 0 bridgehead atoms. The van der Waals surface area contributed by atoms with Crippen LogP contribution in [0.4, 0.5) is 0 Å². The van der Waals surface area contributed by atoms with Crippen molar-refractivity contribution in [2.24, 2.45) is 5.92 Å². The Morgan fingerprint density at radius 1 is 1.40 bits per heavy atom. The second-order valence-corrected chi connectivity index (χ2v) is 6.56. The molecular weight excluding hydrogens is 328 g/mol. The zero-order chi connectivity index (χ0) is 18.3. The zero-order valence-corrected chi connectivity index (χ0v) is 14.5. The molecule has 3 atom stereocenters. The van der Waals surface area contributed by atoms with Crippen molar-refractivity contribution in [1.29, 1.82) is 0 Å². The molecule has 8 heteroatoms. The van der Waals surface area contributed by atoms with Crippen molar-refractivity contribution < 1.29 is 24.2 Å². The monoisotopic (exact) mass is 350 g/mol. The van der Waals surface area contributed by atoms with E-state index >= 15 is 0 Å². The SMILES string of the molecule is CCC[C@@H]1O[C@H]2Cn3cc(C(=O)O)c(=O)c(OC)c3C(=O)N2C[C@H]1C. The minimum atomic E-state index is -1.35. The normalized spacial score (nSPS) is 25.3. The van der Waals surface area contributed by atoms with E-state index in [2.05, 4.69) is 6.92 Å². The van der Waals surface area contributed by atoms with Gasteiger partial charge >= 0.3 is 5.97 Å². The number of hydrogen-bond acceptors (Lipinski definition) is 5. The lowest BCUT2D eigenvalue weighted by atomic mass is 9.96. The topological polar surface area (TPSA) is 98.1 Å². The molecule has 1 amide bonds. The summed E-state index contributed by atoms with van der Waals surface area (Å²) in [5.41, 5.74) is -1.13. The molecule has 1 aromatic rings. The minimum Gasteiger partial charge on any atom is -0.491 e. The molecule has 2 aliphatic heterocycles. The number of carbonyl (C=O) groups is 2. The number of carboxylic acid groups (broad SMARTS) is 1. The molecule has 0 unspecified atom stereocenters. The van der Waals surface area contributed by atoms with Gasteiger partial charge < -0.3 is 24.0 Å². The first kappa shape index (κ1) is 17.5. The maximum atomic E-state index is 12.9. The number of pyridine rings is 1. The molecule has 3 heterocycles. The van der Waals surface area contributed by atoms with Gasteiger partial charge in [0.15, 0.2) is 17.7 Å². The van der Waals surface area contributed by atoms with Crippen LogP contribution in [-0.2, 0) is 11.3 Å². The number of methoxy groups -OCH3 is 1. The molecule has 1 aromatic heterocycles. The predicted octanol–water partition coefficient (Wildman–Crippen LogP) is 1.17. The van der Waals surface area contributed by atoms with Gasteiger partial charge in [-0.05, 0) is 6.42 Å². The van der Waals surface area contributed by atoms with Crippen LogP contribution < -0.4 is 10.2 Å². The summed E-state index contributed by atoms with van der Waals surface area (Å²) >= 11 is 0. The Balaban J connectivity index is 2.06. The summed E-state index contributed by atoms with van der Waals surface area (Å²) in [6.07, 6.45) is 2.67. The van der Waals surface area contributed by atoms with Gasteiger partial charge in [-0.3, -0.25) is 9.59 Å². The molecular formula is C17H22N2O6. The molecule has 1 fully saturated rings. The summed E-state index contributed by atoms with van der Waals surface area (Å²) in [6, 6.07) is 0. The number of ether oxygens (including phenoxy) is 2. The lowest BCUT2D eigenvalue weighted by Crippen LogP contribution is -2.58. The maximum Gasteiger partial charge on any atom is 0.341 e. The first-order valence-corrected chi connectivity index (χ1v) is 8.40. The second kappa shape index (κ2) is 6.51. The van der Waals surface area contributed by atoms with Gasteiger partial charge in [0.2, 0.25) is 5.43 Å². The van der Waals surface area contributed by atoms with Crippen LogP contribution in [0.3, 0.4) is 0 Å². The van der Waals surface area contributed by atoms with Crippen molar-refractivity contribution in [2.45, 2.75) is 45.6 Å². The number of aromatic nitrogens is 1. The minimum absolute atomic E-state index is 0.0563. The van der Waals surface area contributed by atoms with Gasteiger partial charge in [0.05, 0.1) is 19.8 Å². The zero-order valence-electron chi connectivity index (χ0n) is 14.5. The average molecular weight is 350 g/mol. The van der Waals surface area contributed by atoms with Gasteiger partial charge in [-0.15, -0.1) is 0 Å². The van der Waals surface area contributed by atoms with E-state index in [1.54, 1.807) is 4.90 Å². The summed E-state index contributed by atoms with van der Waals surface area (Å²) < 4.78 is 12.6. The molecule has 8 nitrogen and oxygen atoms in total. The van der Waals surface area contributed by atoms with Crippen LogP contribution in [0.5, 0.6) is 5.75 Å².